The number of carbonyl (C=O) groups is 1. The van der Waals surface area contributed by atoms with E-state index in [4.69, 9.17) is 0 Å². The standard InChI is InChI=1S/C14H21N5OS/c1-4-7-19-10-12(11(2)17-19)13(20)15-6-9-21-14-16-5-8-18(14)3/h5,8,10H,4,6-7,9H2,1-3H3,(H,15,20). The number of aryl methyl sites for hydroxylation is 3. The summed E-state index contributed by atoms with van der Waals surface area (Å²) in [5.74, 6) is 0.731. The van der Waals surface area contributed by atoms with E-state index in [-0.39, 0.29) is 5.91 Å². The summed E-state index contributed by atoms with van der Waals surface area (Å²) >= 11 is 1.62. The van der Waals surface area contributed by atoms with Crippen LogP contribution in [0, 0.1) is 6.92 Å². The zero-order chi connectivity index (χ0) is 15.2. The molecule has 0 aliphatic heterocycles. The minimum Gasteiger partial charge on any atom is -0.351 e. The van der Waals surface area contributed by atoms with Crippen LogP contribution in [0.25, 0.3) is 0 Å². The molecule has 0 saturated carbocycles. The average Bonchev–Trinajstić information content (AvgIpc) is 3.01. The van der Waals surface area contributed by atoms with E-state index in [0.29, 0.717) is 12.1 Å². The Morgan fingerprint density at radius 2 is 2.29 bits per heavy atom. The van der Waals surface area contributed by atoms with Gasteiger partial charge in [-0.2, -0.15) is 5.10 Å². The highest BCUT2D eigenvalue weighted by Gasteiger charge is 2.12. The lowest BCUT2D eigenvalue weighted by Gasteiger charge is -2.04. The summed E-state index contributed by atoms with van der Waals surface area (Å²) < 4.78 is 3.79. The molecule has 0 unspecified atom stereocenters. The fraction of sp³-hybridized carbons (Fsp3) is 0.500. The number of carbonyl (C=O) groups excluding carboxylic acids is 1. The zero-order valence-corrected chi connectivity index (χ0v) is 13.5. The Balaban J connectivity index is 1.80. The number of thioether (sulfide) groups is 1. The second-order valence-electron chi connectivity index (χ2n) is 4.82. The maximum Gasteiger partial charge on any atom is 0.254 e. The van der Waals surface area contributed by atoms with Gasteiger partial charge < -0.3 is 9.88 Å². The van der Waals surface area contributed by atoms with E-state index in [1.807, 2.05) is 35.6 Å². The van der Waals surface area contributed by atoms with E-state index in [2.05, 4.69) is 22.3 Å². The first kappa shape index (κ1) is 15.6. The first-order valence-electron chi connectivity index (χ1n) is 7.04. The third-order valence-corrected chi connectivity index (χ3v) is 4.10. The molecular weight excluding hydrogens is 286 g/mol. The third kappa shape index (κ3) is 4.10. The Kier molecular flexibility index (Phi) is 5.44. The quantitative estimate of drug-likeness (QED) is 0.626. The predicted octanol–water partition coefficient (Wildman–Crippen LogP) is 1.86. The molecule has 2 rings (SSSR count). The molecule has 0 aliphatic rings. The van der Waals surface area contributed by atoms with Gasteiger partial charge in [-0.15, -0.1) is 0 Å². The fourth-order valence-corrected chi connectivity index (χ4v) is 2.76. The smallest absolute Gasteiger partial charge is 0.254 e. The van der Waals surface area contributed by atoms with Crippen LogP contribution in [0.5, 0.6) is 0 Å². The van der Waals surface area contributed by atoms with Crippen molar-refractivity contribution >= 4 is 17.7 Å². The molecule has 0 fully saturated rings. The molecule has 0 radical (unpaired) electrons. The summed E-state index contributed by atoms with van der Waals surface area (Å²) in [6.07, 6.45) is 6.50. The van der Waals surface area contributed by atoms with Crippen molar-refractivity contribution in [3.05, 3.63) is 29.8 Å². The molecular formula is C14H21N5OS. The number of hydrogen-bond donors (Lipinski definition) is 1. The van der Waals surface area contributed by atoms with Crippen LogP contribution in [0.15, 0.2) is 23.7 Å². The van der Waals surface area contributed by atoms with Gasteiger partial charge in [0, 0.05) is 44.5 Å². The molecule has 2 aromatic heterocycles. The van der Waals surface area contributed by atoms with E-state index in [9.17, 15) is 4.79 Å². The van der Waals surface area contributed by atoms with Crippen LogP contribution in [-0.2, 0) is 13.6 Å². The maximum absolute atomic E-state index is 12.1. The van der Waals surface area contributed by atoms with Crippen molar-refractivity contribution < 1.29 is 4.79 Å². The largest absolute Gasteiger partial charge is 0.351 e. The fourth-order valence-electron chi connectivity index (χ4n) is 1.98. The van der Waals surface area contributed by atoms with E-state index >= 15 is 0 Å². The van der Waals surface area contributed by atoms with Crippen molar-refractivity contribution in [2.45, 2.75) is 32.0 Å². The van der Waals surface area contributed by atoms with Gasteiger partial charge in [0.05, 0.1) is 11.3 Å². The van der Waals surface area contributed by atoms with Gasteiger partial charge in [-0.3, -0.25) is 9.48 Å². The van der Waals surface area contributed by atoms with Gasteiger partial charge in [0.1, 0.15) is 0 Å². The number of nitrogens with one attached hydrogen (secondary N) is 1. The van der Waals surface area contributed by atoms with Gasteiger partial charge in [0.25, 0.3) is 5.91 Å². The van der Waals surface area contributed by atoms with Crippen molar-refractivity contribution in [2.24, 2.45) is 7.05 Å². The molecule has 0 spiro atoms. The molecule has 0 saturated heterocycles. The zero-order valence-electron chi connectivity index (χ0n) is 12.7. The van der Waals surface area contributed by atoms with Crippen LogP contribution < -0.4 is 5.32 Å². The van der Waals surface area contributed by atoms with Crippen LogP contribution in [0.1, 0.15) is 29.4 Å². The Bertz CT molecular complexity index is 604. The summed E-state index contributed by atoms with van der Waals surface area (Å²) in [5.41, 5.74) is 1.43. The number of imidazole rings is 1. The normalized spacial score (nSPS) is 10.8. The van der Waals surface area contributed by atoms with Crippen LogP contribution in [-0.4, -0.2) is 37.5 Å². The van der Waals surface area contributed by atoms with Gasteiger partial charge in [-0.05, 0) is 13.3 Å². The van der Waals surface area contributed by atoms with Crippen LogP contribution in [0.2, 0.25) is 0 Å². The number of hydrogen-bond acceptors (Lipinski definition) is 4. The molecule has 21 heavy (non-hydrogen) atoms. The summed E-state index contributed by atoms with van der Waals surface area (Å²) in [5, 5.41) is 8.22. The maximum atomic E-state index is 12.1. The molecule has 1 amide bonds. The summed E-state index contributed by atoms with van der Waals surface area (Å²) in [4.78, 5) is 16.3. The van der Waals surface area contributed by atoms with Crippen LogP contribution in [0.4, 0.5) is 0 Å². The monoisotopic (exact) mass is 307 g/mol. The van der Waals surface area contributed by atoms with Gasteiger partial charge >= 0.3 is 0 Å². The van der Waals surface area contributed by atoms with E-state index < -0.39 is 0 Å². The van der Waals surface area contributed by atoms with Crippen LogP contribution >= 0.6 is 11.8 Å². The molecule has 6 nitrogen and oxygen atoms in total. The number of nitrogens with zero attached hydrogens (tertiary/aromatic N) is 4. The number of rotatable bonds is 7. The lowest BCUT2D eigenvalue weighted by molar-refractivity contribution is 0.0955. The molecule has 0 bridgehead atoms. The second-order valence-corrected chi connectivity index (χ2v) is 5.88. The van der Waals surface area contributed by atoms with Gasteiger partial charge in [0.15, 0.2) is 5.16 Å². The van der Waals surface area contributed by atoms with Gasteiger partial charge in [0.2, 0.25) is 0 Å². The SMILES string of the molecule is CCCn1cc(C(=O)NCCSc2nccn2C)c(C)n1. The molecule has 0 aromatic carbocycles. The molecule has 1 N–H and O–H groups in total. The van der Waals surface area contributed by atoms with Crippen molar-refractivity contribution in [2.75, 3.05) is 12.3 Å². The molecule has 0 aliphatic carbocycles. The molecule has 114 valence electrons. The van der Waals surface area contributed by atoms with Gasteiger partial charge in [-0.25, -0.2) is 4.98 Å². The summed E-state index contributed by atoms with van der Waals surface area (Å²) in [7, 11) is 1.96. The van der Waals surface area contributed by atoms with E-state index in [1.165, 1.54) is 0 Å². The minimum atomic E-state index is -0.0599. The first-order chi connectivity index (χ1) is 10.1. The van der Waals surface area contributed by atoms with Gasteiger partial charge in [-0.1, -0.05) is 18.7 Å². The van der Waals surface area contributed by atoms with E-state index in [0.717, 1.165) is 29.6 Å². The highest BCUT2D eigenvalue weighted by atomic mass is 32.2. The second kappa shape index (κ2) is 7.31. The number of aromatic nitrogens is 4. The van der Waals surface area contributed by atoms with E-state index in [1.54, 1.807) is 18.0 Å². The topological polar surface area (TPSA) is 64.7 Å². The lowest BCUT2D eigenvalue weighted by atomic mass is 10.2. The minimum absolute atomic E-state index is 0.0599. The number of amides is 1. The Labute approximate surface area is 128 Å². The van der Waals surface area contributed by atoms with Crippen LogP contribution in [0.3, 0.4) is 0 Å². The van der Waals surface area contributed by atoms with Crippen molar-refractivity contribution in [3.8, 4) is 0 Å². The molecule has 7 heteroatoms. The Morgan fingerprint density at radius 1 is 1.48 bits per heavy atom. The Morgan fingerprint density at radius 3 is 2.95 bits per heavy atom. The molecule has 0 atom stereocenters. The third-order valence-electron chi connectivity index (χ3n) is 3.04. The summed E-state index contributed by atoms with van der Waals surface area (Å²) in [6.45, 7) is 5.40. The first-order valence-corrected chi connectivity index (χ1v) is 8.02. The van der Waals surface area contributed by atoms with Crippen molar-refractivity contribution in [1.82, 2.24) is 24.6 Å². The molecule has 2 heterocycles. The van der Waals surface area contributed by atoms with Crippen molar-refractivity contribution in [1.29, 1.82) is 0 Å². The van der Waals surface area contributed by atoms with Crippen molar-refractivity contribution in [3.63, 3.8) is 0 Å². The summed E-state index contributed by atoms with van der Waals surface area (Å²) in [6, 6.07) is 0. The lowest BCUT2D eigenvalue weighted by Crippen LogP contribution is -2.26. The highest BCUT2D eigenvalue weighted by molar-refractivity contribution is 7.99. The predicted molar refractivity (Wildman–Crippen MR) is 83.5 cm³/mol. The Hall–Kier alpha value is -1.76. The highest BCUT2D eigenvalue weighted by Crippen LogP contribution is 2.13. The molecule has 2 aromatic rings. The average molecular weight is 307 g/mol.